The standard InChI is InChI=1S/C18H28N2O2/c1-18(2,12-14-6-4-3-5-7-14)13-20-17(21)16(19)15-8-10-22-11-9-15/h3-7,15-16H,8-13,19H2,1-2H3,(H,20,21). The molecule has 1 saturated heterocycles. The minimum atomic E-state index is -0.420. The van der Waals surface area contributed by atoms with E-state index in [-0.39, 0.29) is 17.2 Å². The van der Waals surface area contributed by atoms with Gasteiger partial charge in [-0.2, -0.15) is 0 Å². The van der Waals surface area contributed by atoms with Crippen molar-refractivity contribution in [2.24, 2.45) is 17.1 Å². The number of nitrogens with one attached hydrogen (secondary N) is 1. The zero-order chi connectivity index (χ0) is 16.0. The molecule has 2 rings (SSSR count). The van der Waals surface area contributed by atoms with Crippen LogP contribution in [-0.2, 0) is 16.0 Å². The lowest BCUT2D eigenvalue weighted by atomic mass is 9.85. The maximum Gasteiger partial charge on any atom is 0.237 e. The van der Waals surface area contributed by atoms with Gasteiger partial charge in [-0.1, -0.05) is 44.2 Å². The summed E-state index contributed by atoms with van der Waals surface area (Å²) in [5.74, 6) is 0.207. The molecule has 0 radical (unpaired) electrons. The quantitative estimate of drug-likeness (QED) is 0.846. The molecule has 4 nitrogen and oxygen atoms in total. The summed E-state index contributed by atoms with van der Waals surface area (Å²) >= 11 is 0. The largest absolute Gasteiger partial charge is 0.381 e. The van der Waals surface area contributed by atoms with E-state index in [0.717, 1.165) is 19.3 Å². The first kappa shape index (κ1) is 17.0. The number of ether oxygens (including phenoxy) is 1. The molecule has 1 heterocycles. The SMILES string of the molecule is CC(C)(CNC(=O)C(N)C1CCOCC1)Cc1ccccc1. The highest BCUT2D eigenvalue weighted by Crippen LogP contribution is 2.21. The first-order chi connectivity index (χ1) is 10.5. The van der Waals surface area contributed by atoms with Crippen molar-refractivity contribution in [3.8, 4) is 0 Å². The third-order valence-corrected chi connectivity index (χ3v) is 4.34. The highest BCUT2D eigenvalue weighted by Gasteiger charge is 2.28. The monoisotopic (exact) mass is 304 g/mol. The Morgan fingerprint density at radius 2 is 1.95 bits per heavy atom. The highest BCUT2D eigenvalue weighted by atomic mass is 16.5. The van der Waals surface area contributed by atoms with Crippen LogP contribution in [0.25, 0.3) is 0 Å². The molecule has 22 heavy (non-hydrogen) atoms. The number of hydrogen-bond donors (Lipinski definition) is 2. The van der Waals surface area contributed by atoms with Gasteiger partial charge >= 0.3 is 0 Å². The number of rotatable bonds is 6. The molecule has 4 heteroatoms. The lowest BCUT2D eigenvalue weighted by Gasteiger charge is -2.29. The molecule has 0 bridgehead atoms. The van der Waals surface area contributed by atoms with Gasteiger partial charge in [0.15, 0.2) is 0 Å². The van der Waals surface area contributed by atoms with E-state index in [0.29, 0.717) is 19.8 Å². The second-order valence-electron chi connectivity index (χ2n) is 7.02. The second kappa shape index (κ2) is 7.75. The van der Waals surface area contributed by atoms with Crippen LogP contribution < -0.4 is 11.1 Å². The molecule has 1 unspecified atom stereocenters. The molecule has 1 aliphatic rings. The Morgan fingerprint density at radius 1 is 1.32 bits per heavy atom. The average molecular weight is 304 g/mol. The summed E-state index contributed by atoms with van der Waals surface area (Å²) in [5, 5.41) is 3.04. The summed E-state index contributed by atoms with van der Waals surface area (Å²) < 4.78 is 5.32. The smallest absolute Gasteiger partial charge is 0.237 e. The van der Waals surface area contributed by atoms with Gasteiger partial charge in [0.1, 0.15) is 0 Å². The van der Waals surface area contributed by atoms with Crippen molar-refractivity contribution < 1.29 is 9.53 Å². The topological polar surface area (TPSA) is 64.4 Å². The van der Waals surface area contributed by atoms with Crippen LogP contribution in [0.3, 0.4) is 0 Å². The first-order valence-corrected chi connectivity index (χ1v) is 8.13. The molecule has 3 N–H and O–H groups in total. The van der Waals surface area contributed by atoms with Crippen LogP contribution in [0.5, 0.6) is 0 Å². The van der Waals surface area contributed by atoms with E-state index < -0.39 is 6.04 Å². The lowest BCUT2D eigenvalue weighted by Crippen LogP contribution is -2.49. The van der Waals surface area contributed by atoms with Crippen LogP contribution in [0.2, 0.25) is 0 Å². The zero-order valence-electron chi connectivity index (χ0n) is 13.7. The van der Waals surface area contributed by atoms with Gasteiger partial charge in [0.2, 0.25) is 5.91 Å². The summed E-state index contributed by atoms with van der Waals surface area (Å²) in [6.07, 6.45) is 2.69. The lowest BCUT2D eigenvalue weighted by molar-refractivity contribution is -0.124. The fraction of sp³-hybridized carbons (Fsp3) is 0.611. The van der Waals surface area contributed by atoms with Gasteiger partial charge in [0.05, 0.1) is 6.04 Å². The molecular weight excluding hydrogens is 276 g/mol. The zero-order valence-corrected chi connectivity index (χ0v) is 13.7. The van der Waals surface area contributed by atoms with Crippen molar-refractivity contribution in [1.82, 2.24) is 5.32 Å². The fourth-order valence-corrected chi connectivity index (χ4v) is 2.94. The highest BCUT2D eigenvalue weighted by molar-refractivity contribution is 5.81. The Bertz CT molecular complexity index is 467. The third-order valence-electron chi connectivity index (χ3n) is 4.34. The van der Waals surface area contributed by atoms with Gasteiger partial charge < -0.3 is 15.8 Å². The maximum absolute atomic E-state index is 12.3. The van der Waals surface area contributed by atoms with E-state index in [1.54, 1.807) is 0 Å². The molecule has 1 aromatic rings. The summed E-state index contributed by atoms with van der Waals surface area (Å²) in [5.41, 5.74) is 7.40. The minimum absolute atomic E-state index is 0.00636. The number of benzene rings is 1. The van der Waals surface area contributed by atoms with E-state index >= 15 is 0 Å². The van der Waals surface area contributed by atoms with Gasteiger partial charge in [0.25, 0.3) is 0 Å². The van der Waals surface area contributed by atoms with Crippen LogP contribution in [0.4, 0.5) is 0 Å². The molecule has 0 spiro atoms. The normalized spacial score (nSPS) is 18.0. The summed E-state index contributed by atoms with van der Waals surface area (Å²) in [6, 6.07) is 9.94. The molecule has 1 aromatic carbocycles. The van der Waals surface area contributed by atoms with Crippen molar-refractivity contribution in [3.63, 3.8) is 0 Å². The molecule has 0 aromatic heterocycles. The molecule has 1 amide bonds. The van der Waals surface area contributed by atoms with E-state index in [1.165, 1.54) is 5.56 Å². The average Bonchev–Trinajstić information content (AvgIpc) is 2.53. The van der Waals surface area contributed by atoms with Crippen molar-refractivity contribution in [3.05, 3.63) is 35.9 Å². The number of carbonyl (C=O) groups excluding carboxylic acids is 1. The fourth-order valence-electron chi connectivity index (χ4n) is 2.94. The van der Waals surface area contributed by atoms with E-state index in [2.05, 4.69) is 31.3 Å². The number of hydrogen-bond acceptors (Lipinski definition) is 3. The Morgan fingerprint density at radius 3 is 2.59 bits per heavy atom. The Hall–Kier alpha value is -1.39. The second-order valence-corrected chi connectivity index (χ2v) is 7.02. The van der Waals surface area contributed by atoms with Gasteiger partial charge in [-0.25, -0.2) is 0 Å². The molecule has 0 aliphatic carbocycles. The Kier molecular flexibility index (Phi) is 5.98. The maximum atomic E-state index is 12.3. The van der Waals surface area contributed by atoms with Crippen molar-refractivity contribution in [2.75, 3.05) is 19.8 Å². The van der Waals surface area contributed by atoms with Gasteiger partial charge in [-0.3, -0.25) is 4.79 Å². The van der Waals surface area contributed by atoms with Gasteiger partial charge in [0, 0.05) is 19.8 Å². The van der Waals surface area contributed by atoms with Crippen LogP contribution in [-0.4, -0.2) is 31.7 Å². The third kappa shape index (κ3) is 5.11. The molecular formula is C18H28N2O2. The van der Waals surface area contributed by atoms with Crippen molar-refractivity contribution >= 4 is 5.91 Å². The van der Waals surface area contributed by atoms with E-state index in [1.807, 2.05) is 18.2 Å². The van der Waals surface area contributed by atoms with Gasteiger partial charge in [-0.15, -0.1) is 0 Å². The predicted octanol–water partition coefficient (Wildman–Crippen LogP) is 2.13. The summed E-state index contributed by atoms with van der Waals surface area (Å²) in [7, 11) is 0. The number of amides is 1. The molecule has 1 fully saturated rings. The first-order valence-electron chi connectivity index (χ1n) is 8.13. The summed E-state index contributed by atoms with van der Waals surface area (Å²) in [4.78, 5) is 12.3. The Labute approximate surface area is 133 Å². The van der Waals surface area contributed by atoms with E-state index in [4.69, 9.17) is 10.5 Å². The van der Waals surface area contributed by atoms with Crippen LogP contribution >= 0.6 is 0 Å². The molecule has 1 atom stereocenters. The van der Waals surface area contributed by atoms with Crippen molar-refractivity contribution in [2.45, 2.75) is 39.2 Å². The molecule has 1 aliphatic heterocycles. The number of nitrogens with two attached hydrogens (primary N) is 1. The molecule has 122 valence electrons. The Balaban J connectivity index is 1.81. The minimum Gasteiger partial charge on any atom is -0.381 e. The number of carbonyl (C=O) groups is 1. The van der Waals surface area contributed by atoms with Crippen LogP contribution in [0, 0.1) is 11.3 Å². The predicted molar refractivity (Wildman–Crippen MR) is 88.5 cm³/mol. The van der Waals surface area contributed by atoms with E-state index in [9.17, 15) is 4.79 Å². The summed E-state index contributed by atoms with van der Waals surface area (Å²) in [6.45, 7) is 6.40. The van der Waals surface area contributed by atoms with Crippen molar-refractivity contribution in [1.29, 1.82) is 0 Å². The van der Waals surface area contributed by atoms with Gasteiger partial charge in [-0.05, 0) is 36.2 Å². The van der Waals surface area contributed by atoms with Crippen LogP contribution in [0.1, 0.15) is 32.3 Å². The van der Waals surface area contributed by atoms with Crippen LogP contribution in [0.15, 0.2) is 30.3 Å². The molecule has 0 saturated carbocycles.